The van der Waals surface area contributed by atoms with Gasteiger partial charge in [0.1, 0.15) is 6.17 Å². The molecule has 1 N–H and O–H groups in total. The van der Waals surface area contributed by atoms with E-state index in [9.17, 15) is 4.39 Å². The predicted octanol–water partition coefficient (Wildman–Crippen LogP) is 2.57. The Hall–Kier alpha value is -0.600. The zero-order chi connectivity index (χ0) is 8.97. The van der Waals surface area contributed by atoms with Crippen LogP contribution in [0.3, 0.4) is 0 Å². The minimum Gasteiger partial charge on any atom is -0.317 e. The van der Waals surface area contributed by atoms with Crippen molar-refractivity contribution in [3.63, 3.8) is 0 Å². The summed E-state index contributed by atoms with van der Waals surface area (Å²) < 4.78 is 13.2. The first kappa shape index (κ1) is 9.49. The fourth-order valence-electron chi connectivity index (χ4n) is 0.998. The molecule has 0 saturated carbocycles. The Morgan fingerprint density at radius 2 is 2.33 bits per heavy atom. The largest absolute Gasteiger partial charge is 0.317 e. The van der Waals surface area contributed by atoms with Gasteiger partial charge in [-0.2, -0.15) is 0 Å². The van der Waals surface area contributed by atoms with Crippen LogP contribution >= 0.6 is 11.6 Å². The van der Waals surface area contributed by atoms with Gasteiger partial charge in [0.2, 0.25) is 0 Å². The van der Waals surface area contributed by atoms with Crippen molar-refractivity contribution in [1.82, 2.24) is 5.32 Å². The summed E-state index contributed by atoms with van der Waals surface area (Å²) in [6.45, 7) is 0.320. The first-order valence-corrected chi connectivity index (χ1v) is 4.16. The first-order chi connectivity index (χ1) is 5.74. The van der Waals surface area contributed by atoms with E-state index in [-0.39, 0.29) is 0 Å². The van der Waals surface area contributed by atoms with Crippen LogP contribution in [-0.2, 0) is 0 Å². The summed E-state index contributed by atoms with van der Waals surface area (Å²) in [6.07, 6.45) is -0.978. The Morgan fingerprint density at radius 3 is 2.92 bits per heavy atom. The van der Waals surface area contributed by atoms with Crippen LogP contribution in [0.4, 0.5) is 4.39 Å². The minimum atomic E-state index is -0.978. The van der Waals surface area contributed by atoms with Crippen LogP contribution in [0.1, 0.15) is 11.7 Å². The lowest BCUT2D eigenvalue weighted by Gasteiger charge is -2.07. The summed E-state index contributed by atoms with van der Waals surface area (Å²) >= 11 is 5.70. The summed E-state index contributed by atoms with van der Waals surface area (Å²) in [4.78, 5) is 0. The van der Waals surface area contributed by atoms with Crippen molar-refractivity contribution < 1.29 is 4.39 Å². The molecular formula is C9H11ClFN. The molecule has 0 heterocycles. The third-order valence-electron chi connectivity index (χ3n) is 1.59. The fraction of sp³-hybridized carbons (Fsp3) is 0.333. The Kier molecular flexibility index (Phi) is 3.50. The van der Waals surface area contributed by atoms with E-state index in [1.54, 1.807) is 31.3 Å². The van der Waals surface area contributed by atoms with Gasteiger partial charge in [-0.3, -0.25) is 0 Å². The molecule has 1 aromatic carbocycles. The van der Waals surface area contributed by atoms with Gasteiger partial charge in [-0.25, -0.2) is 4.39 Å². The normalized spacial score (nSPS) is 12.9. The molecule has 66 valence electrons. The van der Waals surface area contributed by atoms with Gasteiger partial charge < -0.3 is 5.32 Å². The summed E-state index contributed by atoms with van der Waals surface area (Å²) in [6, 6.07) is 6.86. The lowest BCUT2D eigenvalue weighted by atomic mass is 10.1. The maximum absolute atomic E-state index is 13.2. The molecule has 0 bridgehead atoms. The van der Waals surface area contributed by atoms with Gasteiger partial charge in [-0.1, -0.05) is 23.7 Å². The highest BCUT2D eigenvalue weighted by Gasteiger charge is 2.07. The van der Waals surface area contributed by atoms with Gasteiger partial charge in [0, 0.05) is 11.6 Å². The smallest absolute Gasteiger partial charge is 0.138 e. The van der Waals surface area contributed by atoms with Gasteiger partial charge in [0.25, 0.3) is 0 Å². The van der Waals surface area contributed by atoms with Crippen LogP contribution in [0.15, 0.2) is 24.3 Å². The number of halogens is 2. The van der Waals surface area contributed by atoms with Crippen LogP contribution in [0.25, 0.3) is 0 Å². The molecule has 1 unspecified atom stereocenters. The lowest BCUT2D eigenvalue weighted by Crippen LogP contribution is -2.13. The number of benzene rings is 1. The average Bonchev–Trinajstić information content (AvgIpc) is 2.05. The Morgan fingerprint density at radius 1 is 1.58 bits per heavy atom. The van der Waals surface area contributed by atoms with E-state index in [0.717, 1.165) is 0 Å². The summed E-state index contributed by atoms with van der Waals surface area (Å²) in [7, 11) is 1.72. The Labute approximate surface area is 76.5 Å². The molecule has 3 heteroatoms. The van der Waals surface area contributed by atoms with Gasteiger partial charge in [0.15, 0.2) is 0 Å². The van der Waals surface area contributed by atoms with Crippen molar-refractivity contribution in [1.29, 1.82) is 0 Å². The molecule has 0 spiro atoms. The third kappa shape index (κ3) is 2.47. The van der Waals surface area contributed by atoms with Gasteiger partial charge >= 0.3 is 0 Å². The monoisotopic (exact) mass is 187 g/mol. The van der Waals surface area contributed by atoms with E-state index in [2.05, 4.69) is 5.32 Å². The zero-order valence-electron chi connectivity index (χ0n) is 6.85. The van der Waals surface area contributed by atoms with Crippen molar-refractivity contribution in [2.45, 2.75) is 6.17 Å². The second-order valence-corrected chi connectivity index (χ2v) is 3.02. The number of hydrogen-bond acceptors (Lipinski definition) is 1. The highest BCUT2D eigenvalue weighted by atomic mass is 35.5. The van der Waals surface area contributed by atoms with Crippen molar-refractivity contribution in [2.24, 2.45) is 0 Å². The fourth-order valence-corrected chi connectivity index (χ4v) is 1.20. The molecule has 12 heavy (non-hydrogen) atoms. The van der Waals surface area contributed by atoms with Crippen LogP contribution in [0.2, 0.25) is 5.02 Å². The standard InChI is InChI=1S/C9H11ClFN/c1-12-6-9(11)7-3-2-4-8(10)5-7/h2-5,9,12H,6H2,1H3. The molecule has 1 atom stereocenters. The summed E-state index contributed by atoms with van der Waals surface area (Å²) in [5, 5.41) is 3.34. The number of alkyl halides is 1. The van der Waals surface area contributed by atoms with E-state index in [1.807, 2.05) is 0 Å². The topological polar surface area (TPSA) is 12.0 Å². The Balaban J connectivity index is 2.73. The first-order valence-electron chi connectivity index (χ1n) is 3.78. The Bertz CT molecular complexity index is 252. The van der Waals surface area contributed by atoms with Crippen molar-refractivity contribution in [3.05, 3.63) is 34.9 Å². The third-order valence-corrected chi connectivity index (χ3v) is 1.83. The number of likely N-dealkylation sites (N-methyl/N-ethyl adjacent to an activating group) is 1. The molecule has 0 aromatic heterocycles. The number of rotatable bonds is 3. The van der Waals surface area contributed by atoms with Crippen LogP contribution < -0.4 is 5.32 Å². The molecule has 1 rings (SSSR count). The average molecular weight is 188 g/mol. The number of hydrogen-bond donors (Lipinski definition) is 1. The zero-order valence-corrected chi connectivity index (χ0v) is 7.61. The summed E-state index contributed by atoms with van der Waals surface area (Å²) in [5.41, 5.74) is 0.622. The van der Waals surface area contributed by atoms with E-state index in [0.29, 0.717) is 17.1 Å². The summed E-state index contributed by atoms with van der Waals surface area (Å²) in [5.74, 6) is 0. The van der Waals surface area contributed by atoms with E-state index >= 15 is 0 Å². The molecule has 0 aliphatic heterocycles. The molecule has 0 amide bonds. The molecule has 0 radical (unpaired) electrons. The van der Waals surface area contributed by atoms with Gasteiger partial charge in [-0.15, -0.1) is 0 Å². The molecule has 0 saturated heterocycles. The quantitative estimate of drug-likeness (QED) is 0.767. The number of nitrogens with one attached hydrogen (secondary N) is 1. The van der Waals surface area contributed by atoms with Crippen LogP contribution in [-0.4, -0.2) is 13.6 Å². The van der Waals surface area contributed by atoms with Crippen LogP contribution in [0, 0.1) is 0 Å². The maximum Gasteiger partial charge on any atom is 0.138 e. The van der Waals surface area contributed by atoms with Crippen molar-refractivity contribution in [2.75, 3.05) is 13.6 Å². The predicted molar refractivity (Wildman–Crippen MR) is 49.2 cm³/mol. The van der Waals surface area contributed by atoms with Gasteiger partial charge in [-0.05, 0) is 24.7 Å². The van der Waals surface area contributed by atoms with E-state index in [4.69, 9.17) is 11.6 Å². The SMILES string of the molecule is CNCC(F)c1cccc(Cl)c1. The minimum absolute atomic E-state index is 0.320. The lowest BCUT2D eigenvalue weighted by molar-refractivity contribution is 0.335. The van der Waals surface area contributed by atoms with Crippen molar-refractivity contribution in [3.8, 4) is 0 Å². The molecule has 0 fully saturated rings. The molecule has 1 nitrogen and oxygen atoms in total. The van der Waals surface area contributed by atoms with Gasteiger partial charge in [0.05, 0.1) is 0 Å². The van der Waals surface area contributed by atoms with E-state index < -0.39 is 6.17 Å². The molecule has 1 aromatic rings. The van der Waals surface area contributed by atoms with Crippen LogP contribution in [0.5, 0.6) is 0 Å². The highest BCUT2D eigenvalue weighted by molar-refractivity contribution is 6.30. The second-order valence-electron chi connectivity index (χ2n) is 2.58. The molecule has 0 aliphatic rings. The van der Waals surface area contributed by atoms with Crippen molar-refractivity contribution >= 4 is 11.6 Å². The highest BCUT2D eigenvalue weighted by Crippen LogP contribution is 2.19. The maximum atomic E-state index is 13.2. The molecular weight excluding hydrogens is 177 g/mol. The molecule has 0 aliphatic carbocycles. The second kappa shape index (κ2) is 4.43. The van der Waals surface area contributed by atoms with E-state index in [1.165, 1.54) is 0 Å².